The normalized spacial score (nSPS) is 10.5. The number of benzene rings is 3. The van der Waals surface area contributed by atoms with Gasteiger partial charge in [0, 0.05) is 27.1 Å². The van der Waals surface area contributed by atoms with Crippen LogP contribution >= 0.6 is 23.1 Å². The second-order valence-electron chi connectivity index (χ2n) is 7.74. The number of rotatable bonds is 9. The van der Waals surface area contributed by atoms with Gasteiger partial charge in [0.1, 0.15) is 0 Å². The van der Waals surface area contributed by atoms with E-state index >= 15 is 0 Å². The summed E-state index contributed by atoms with van der Waals surface area (Å²) in [6.07, 6.45) is 0. The minimum atomic E-state index is -0.165. The van der Waals surface area contributed by atoms with Crippen LogP contribution in [0.2, 0.25) is 0 Å². The van der Waals surface area contributed by atoms with Gasteiger partial charge in [-0.15, -0.1) is 23.1 Å². The van der Waals surface area contributed by atoms with Crippen molar-refractivity contribution in [2.45, 2.75) is 11.8 Å². The van der Waals surface area contributed by atoms with Gasteiger partial charge in [-0.3, -0.25) is 9.59 Å². The zero-order valence-electron chi connectivity index (χ0n) is 20.0. The predicted molar refractivity (Wildman–Crippen MR) is 146 cm³/mol. The first-order valence-electron chi connectivity index (χ1n) is 11.0. The summed E-state index contributed by atoms with van der Waals surface area (Å²) in [5.41, 5.74) is 3.82. The maximum absolute atomic E-state index is 12.6. The fourth-order valence-corrected chi connectivity index (χ4v) is 4.94. The second kappa shape index (κ2) is 11.7. The van der Waals surface area contributed by atoms with Crippen LogP contribution in [0.25, 0.3) is 11.3 Å². The van der Waals surface area contributed by atoms with Crippen molar-refractivity contribution in [1.29, 1.82) is 0 Å². The highest BCUT2D eigenvalue weighted by atomic mass is 32.2. The Kier molecular flexibility index (Phi) is 8.24. The fourth-order valence-electron chi connectivity index (χ4n) is 3.45. The SMILES string of the molecule is COc1ccc(-c2csc(NC(=O)CSc3cccc(NC(=O)c4ccccc4C)c3)n2)cc1OC. The molecular weight excluding hydrogens is 494 g/mol. The monoisotopic (exact) mass is 519 g/mol. The summed E-state index contributed by atoms with van der Waals surface area (Å²) >= 11 is 2.74. The van der Waals surface area contributed by atoms with Gasteiger partial charge < -0.3 is 20.1 Å². The molecule has 0 fully saturated rings. The molecule has 184 valence electrons. The zero-order valence-corrected chi connectivity index (χ0v) is 21.7. The molecule has 0 radical (unpaired) electrons. The van der Waals surface area contributed by atoms with Gasteiger partial charge in [-0.25, -0.2) is 4.98 Å². The predicted octanol–water partition coefficient (Wildman–Crippen LogP) is 6.12. The van der Waals surface area contributed by atoms with Crippen molar-refractivity contribution in [1.82, 2.24) is 4.98 Å². The summed E-state index contributed by atoms with van der Waals surface area (Å²) < 4.78 is 10.6. The van der Waals surface area contributed by atoms with Crippen LogP contribution in [0.15, 0.2) is 77.0 Å². The Labute approximate surface area is 217 Å². The molecule has 3 aromatic carbocycles. The number of aromatic nitrogens is 1. The number of ether oxygens (including phenoxy) is 2. The number of thioether (sulfide) groups is 1. The molecule has 0 aliphatic rings. The number of carbonyl (C=O) groups excluding carboxylic acids is 2. The van der Waals surface area contributed by atoms with Crippen molar-refractivity contribution in [3.8, 4) is 22.8 Å². The van der Waals surface area contributed by atoms with Crippen LogP contribution in [0, 0.1) is 6.92 Å². The third kappa shape index (κ3) is 6.24. The number of amides is 2. The minimum Gasteiger partial charge on any atom is -0.493 e. The molecule has 36 heavy (non-hydrogen) atoms. The van der Waals surface area contributed by atoms with Crippen molar-refractivity contribution in [3.63, 3.8) is 0 Å². The maximum Gasteiger partial charge on any atom is 0.255 e. The average molecular weight is 520 g/mol. The highest BCUT2D eigenvalue weighted by Crippen LogP contribution is 2.33. The number of methoxy groups -OCH3 is 2. The molecule has 0 bridgehead atoms. The average Bonchev–Trinajstić information content (AvgIpc) is 3.35. The molecule has 0 saturated heterocycles. The molecule has 0 aliphatic heterocycles. The van der Waals surface area contributed by atoms with Crippen molar-refractivity contribution in [2.75, 3.05) is 30.6 Å². The number of anilines is 2. The lowest BCUT2D eigenvalue weighted by molar-refractivity contribution is -0.113. The van der Waals surface area contributed by atoms with Crippen LogP contribution in [-0.2, 0) is 4.79 Å². The molecule has 2 amide bonds. The van der Waals surface area contributed by atoms with Crippen molar-refractivity contribution < 1.29 is 19.1 Å². The molecule has 1 heterocycles. The Hall–Kier alpha value is -3.82. The van der Waals surface area contributed by atoms with E-state index in [0.717, 1.165) is 21.7 Å². The highest BCUT2D eigenvalue weighted by molar-refractivity contribution is 8.00. The van der Waals surface area contributed by atoms with Gasteiger partial charge in [-0.2, -0.15) is 0 Å². The standard InChI is InChI=1S/C27H25N3O4S2/c1-17-7-4-5-10-21(17)26(32)28-19-8-6-9-20(14-19)35-16-25(31)30-27-29-22(15-36-27)18-11-12-23(33-2)24(13-18)34-3/h4-15H,16H2,1-3H3,(H,28,32)(H,29,30,31). The first-order valence-corrected chi connectivity index (χ1v) is 12.9. The van der Waals surface area contributed by atoms with E-state index in [0.29, 0.717) is 27.9 Å². The number of hydrogen-bond acceptors (Lipinski definition) is 7. The van der Waals surface area contributed by atoms with E-state index in [2.05, 4.69) is 15.6 Å². The Morgan fingerprint density at radius 1 is 0.944 bits per heavy atom. The Morgan fingerprint density at radius 3 is 2.53 bits per heavy atom. The number of carbonyl (C=O) groups is 2. The molecule has 0 spiro atoms. The summed E-state index contributed by atoms with van der Waals surface area (Å²) in [5.74, 6) is 1.13. The smallest absolute Gasteiger partial charge is 0.255 e. The van der Waals surface area contributed by atoms with E-state index in [4.69, 9.17) is 9.47 Å². The molecule has 4 aromatic rings. The zero-order chi connectivity index (χ0) is 25.5. The minimum absolute atomic E-state index is 0.164. The van der Waals surface area contributed by atoms with E-state index in [1.54, 1.807) is 20.3 Å². The lowest BCUT2D eigenvalue weighted by atomic mass is 10.1. The van der Waals surface area contributed by atoms with Gasteiger partial charge in [0.15, 0.2) is 16.6 Å². The summed E-state index contributed by atoms with van der Waals surface area (Å²) in [6.45, 7) is 1.90. The second-order valence-corrected chi connectivity index (χ2v) is 9.65. The quantitative estimate of drug-likeness (QED) is 0.259. The molecule has 4 rings (SSSR count). The molecule has 0 unspecified atom stereocenters. The number of aryl methyl sites for hydroxylation is 1. The third-order valence-corrected chi connectivity index (χ3v) is 7.03. The van der Waals surface area contributed by atoms with E-state index in [1.165, 1.54) is 23.1 Å². The molecule has 0 aliphatic carbocycles. The molecule has 1 aromatic heterocycles. The largest absolute Gasteiger partial charge is 0.493 e. The summed E-state index contributed by atoms with van der Waals surface area (Å²) in [5, 5.41) is 8.17. The van der Waals surface area contributed by atoms with E-state index < -0.39 is 0 Å². The van der Waals surface area contributed by atoms with Gasteiger partial charge in [0.25, 0.3) is 5.91 Å². The van der Waals surface area contributed by atoms with E-state index in [1.807, 2.05) is 73.0 Å². The lowest BCUT2D eigenvalue weighted by Crippen LogP contribution is -2.14. The fraction of sp³-hybridized carbons (Fsp3) is 0.148. The Balaban J connectivity index is 1.33. The van der Waals surface area contributed by atoms with Crippen LogP contribution in [-0.4, -0.2) is 36.8 Å². The Bertz CT molecular complexity index is 1390. The maximum atomic E-state index is 12.6. The van der Waals surface area contributed by atoms with Crippen LogP contribution in [0.4, 0.5) is 10.8 Å². The highest BCUT2D eigenvalue weighted by Gasteiger charge is 2.12. The van der Waals surface area contributed by atoms with Crippen LogP contribution in [0.5, 0.6) is 11.5 Å². The van der Waals surface area contributed by atoms with Gasteiger partial charge in [0.2, 0.25) is 5.91 Å². The molecule has 9 heteroatoms. The van der Waals surface area contributed by atoms with Crippen molar-refractivity contribution >= 4 is 45.7 Å². The van der Waals surface area contributed by atoms with Crippen LogP contribution in [0.3, 0.4) is 0 Å². The first-order chi connectivity index (χ1) is 17.5. The van der Waals surface area contributed by atoms with E-state index in [9.17, 15) is 9.59 Å². The molecule has 0 saturated carbocycles. The number of nitrogens with one attached hydrogen (secondary N) is 2. The van der Waals surface area contributed by atoms with Gasteiger partial charge in [-0.1, -0.05) is 24.3 Å². The number of thiazole rings is 1. The molecule has 2 N–H and O–H groups in total. The van der Waals surface area contributed by atoms with Crippen LogP contribution < -0.4 is 20.1 Å². The van der Waals surface area contributed by atoms with Crippen molar-refractivity contribution in [3.05, 3.63) is 83.2 Å². The topological polar surface area (TPSA) is 89.6 Å². The number of nitrogens with zero attached hydrogens (tertiary/aromatic N) is 1. The molecular formula is C27H25N3O4S2. The van der Waals surface area contributed by atoms with Gasteiger partial charge >= 0.3 is 0 Å². The van der Waals surface area contributed by atoms with Crippen molar-refractivity contribution in [2.24, 2.45) is 0 Å². The van der Waals surface area contributed by atoms with Gasteiger partial charge in [-0.05, 0) is 55.0 Å². The molecule has 0 atom stereocenters. The first kappa shape index (κ1) is 25.3. The summed E-state index contributed by atoms with van der Waals surface area (Å²) in [7, 11) is 3.17. The Morgan fingerprint density at radius 2 is 1.75 bits per heavy atom. The summed E-state index contributed by atoms with van der Waals surface area (Å²) in [6, 6.07) is 20.4. The van der Waals surface area contributed by atoms with E-state index in [-0.39, 0.29) is 17.6 Å². The molecule has 7 nitrogen and oxygen atoms in total. The number of hydrogen-bond donors (Lipinski definition) is 2. The van der Waals surface area contributed by atoms with Gasteiger partial charge in [0.05, 0.1) is 25.7 Å². The lowest BCUT2D eigenvalue weighted by Gasteiger charge is -2.09. The summed E-state index contributed by atoms with van der Waals surface area (Å²) in [4.78, 5) is 30.5. The third-order valence-electron chi connectivity index (χ3n) is 5.28. The van der Waals surface area contributed by atoms with Crippen LogP contribution in [0.1, 0.15) is 15.9 Å².